The summed E-state index contributed by atoms with van der Waals surface area (Å²) >= 11 is 1.16. The summed E-state index contributed by atoms with van der Waals surface area (Å²) in [4.78, 5) is 37.2. The van der Waals surface area contributed by atoms with Crippen molar-refractivity contribution in [3.05, 3.63) is 67.8 Å². The van der Waals surface area contributed by atoms with Crippen molar-refractivity contribution in [3.8, 4) is 0 Å². The molecule has 126 valence electrons. The molecule has 0 unspecified atom stereocenters. The van der Waals surface area contributed by atoms with Crippen LogP contribution in [0, 0.1) is 27.2 Å². The van der Waals surface area contributed by atoms with Gasteiger partial charge in [0.2, 0.25) is 0 Å². The van der Waals surface area contributed by atoms with Gasteiger partial charge in [-0.1, -0.05) is 17.4 Å². The molecular weight excluding hydrogens is 348 g/mol. The lowest BCUT2D eigenvalue weighted by molar-refractivity contribution is -0.385. The van der Waals surface area contributed by atoms with Gasteiger partial charge in [-0.15, -0.1) is 0 Å². The van der Waals surface area contributed by atoms with Crippen LogP contribution < -0.4 is 5.32 Å². The van der Waals surface area contributed by atoms with E-state index in [0.29, 0.717) is 10.2 Å². The third kappa shape index (κ3) is 3.15. The molecule has 0 radical (unpaired) electrons. The highest BCUT2D eigenvalue weighted by Crippen LogP contribution is 2.29. The number of carbonyl (C=O) groups excluding carboxylic acids is 1. The molecule has 2 aromatic carbocycles. The van der Waals surface area contributed by atoms with Gasteiger partial charge in [0.05, 0.1) is 20.1 Å². The molecular formula is C15H10N4O5S. The minimum Gasteiger partial charge on any atom is -0.298 e. The summed E-state index contributed by atoms with van der Waals surface area (Å²) in [5, 5.41) is 24.6. The van der Waals surface area contributed by atoms with E-state index in [1.165, 1.54) is 37.3 Å². The Morgan fingerprint density at radius 1 is 1.16 bits per heavy atom. The first kappa shape index (κ1) is 16.5. The summed E-state index contributed by atoms with van der Waals surface area (Å²) in [6.07, 6.45) is 0. The van der Waals surface area contributed by atoms with Crippen LogP contribution in [0.25, 0.3) is 10.2 Å². The molecule has 0 bridgehead atoms. The number of hydrogen-bond acceptors (Lipinski definition) is 7. The van der Waals surface area contributed by atoms with Gasteiger partial charge in [-0.25, -0.2) is 4.98 Å². The van der Waals surface area contributed by atoms with Crippen LogP contribution in [0.1, 0.15) is 15.9 Å². The van der Waals surface area contributed by atoms with Crippen molar-refractivity contribution in [1.82, 2.24) is 4.98 Å². The largest absolute Gasteiger partial charge is 0.298 e. The average Bonchev–Trinajstić information content (AvgIpc) is 2.95. The molecule has 0 aliphatic rings. The van der Waals surface area contributed by atoms with Gasteiger partial charge < -0.3 is 0 Å². The van der Waals surface area contributed by atoms with Gasteiger partial charge in [0.1, 0.15) is 0 Å². The molecule has 0 aliphatic carbocycles. The molecule has 0 atom stereocenters. The maximum Gasteiger partial charge on any atom is 0.273 e. The van der Waals surface area contributed by atoms with Crippen LogP contribution in [-0.4, -0.2) is 20.7 Å². The Morgan fingerprint density at radius 3 is 2.60 bits per heavy atom. The Hall–Kier alpha value is -3.40. The van der Waals surface area contributed by atoms with Gasteiger partial charge in [-0.2, -0.15) is 0 Å². The number of carbonyl (C=O) groups is 1. The van der Waals surface area contributed by atoms with E-state index < -0.39 is 15.8 Å². The SMILES string of the molecule is Cc1c(C(=O)Nc2nc3cc([N+](=O)[O-])ccc3s2)cccc1[N+](=O)[O-]. The Labute approximate surface area is 144 Å². The fourth-order valence-corrected chi connectivity index (χ4v) is 3.16. The lowest BCUT2D eigenvalue weighted by atomic mass is 10.1. The second kappa shape index (κ2) is 6.24. The Balaban J connectivity index is 1.91. The van der Waals surface area contributed by atoms with Gasteiger partial charge >= 0.3 is 0 Å². The van der Waals surface area contributed by atoms with Crippen molar-refractivity contribution in [2.75, 3.05) is 5.32 Å². The Bertz CT molecular complexity index is 1030. The number of hydrogen-bond donors (Lipinski definition) is 1. The zero-order chi connectivity index (χ0) is 18.1. The lowest BCUT2D eigenvalue weighted by Gasteiger charge is -2.05. The van der Waals surface area contributed by atoms with Crippen molar-refractivity contribution in [1.29, 1.82) is 0 Å². The molecule has 0 saturated carbocycles. The topological polar surface area (TPSA) is 128 Å². The number of fused-ring (bicyclic) bond motifs is 1. The summed E-state index contributed by atoms with van der Waals surface area (Å²) in [5.41, 5.74) is 0.573. The number of thiazole rings is 1. The minimum absolute atomic E-state index is 0.0924. The molecule has 3 aromatic rings. The first-order valence-corrected chi connectivity index (χ1v) is 7.79. The van der Waals surface area contributed by atoms with E-state index >= 15 is 0 Å². The predicted octanol–water partition coefficient (Wildman–Crippen LogP) is 3.67. The van der Waals surface area contributed by atoms with Crippen molar-refractivity contribution in [2.24, 2.45) is 0 Å². The zero-order valence-electron chi connectivity index (χ0n) is 12.8. The van der Waals surface area contributed by atoms with Gasteiger partial charge in [-0.3, -0.25) is 30.3 Å². The number of nitrogens with one attached hydrogen (secondary N) is 1. The summed E-state index contributed by atoms with van der Waals surface area (Å²) < 4.78 is 0.677. The first-order chi connectivity index (χ1) is 11.9. The fourth-order valence-electron chi connectivity index (χ4n) is 2.31. The summed E-state index contributed by atoms with van der Waals surface area (Å²) in [5.74, 6) is -0.533. The molecule has 0 spiro atoms. The van der Waals surface area contributed by atoms with Crippen LogP contribution in [0.2, 0.25) is 0 Å². The zero-order valence-corrected chi connectivity index (χ0v) is 13.6. The lowest BCUT2D eigenvalue weighted by Crippen LogP contribution is -2.13. The summed E-state index contributed by atoms with van der Waals surface area (Å²) in [7, 11) is 0. The number of amides is 1. The van der Waals surface area contributed by atoms with Crippen LogP contribution in [0.15, 0.2) is 36.4 Å². The first-order valence-electron chi connectivity index (χ1n) is 6.97. The smallest absolute Gasteiger partial charge is 0.273 e. The van der Waals surface area contributed by atoms with Crippen molar-refractivity contribution >= 4 is 44.0 Å². The Kier molecular flexibility index (Phi) is 4.11. The molecule has 9 nitrogen and oxygen atoms in total. The third-order valence-corrected chi connectivity index (χ3v) is 4.50. The van der Waals surface area contributed by atoms with Crippen LogP contribution in [0.5, 0.6) is 0 Å². The normalized spacial score (nSPS) is 10.6. The molecule has 25 heavy (non-hydrogen) atoms. The third-order valence-electron chi connectivity index (χ3n) is 3.55. The van der Waals surface area contributed by atoms with Crippen LogP contribution in [0.4, 0.5) is 16.5 Å². The molecule has 0 aliphatic heterocycles. The van der Waals surface area contributed by atoms with E-state index in [4.69, 9.17) is 0 Å². The highest BCUT2D eigenvalue weighted by Gasteiger charge is 2.19. The number of nitro benzene ring substituents is 2. The second-order valence-corrected chi connectivity index (χ2v) is 6.12. The number of non-ortho nitro benzene ring substituents is 1. The van der Waals surface area contributed by atoms with E-state index in [1.807, 2.05) is 0 Å². The summed E-state index contributed by atoms with van der Waals surface area (Å²) in [6, 6.07) is 8.47. The maximum absolute atomic E-state index is 12.4. The van der Waals surface area contributed by atoms with Crippen LogP contribution in [-0.2, 0) is 0 Å². The Morgan fingerprint density at radius 2 is 1.92 bits per heavy atom. The molecule has 10 heteroatoms. The van der Waals surface area contributed by atoms with E-state index in [-0.39, 0.29) is 27.6 Å². The van der Waals surface area contributed by atoms with Crippen molar-refractivity contribution in [3.63, 3.8) is 0 Å². The van der Waals surface area contributed by atoms with Crippen molar-refractivity contribution < 1.29 is 14.6 Å². The molecule has 3 rings (SSSR count). The van der Waals surface area contributed by atoms with Gasteiger partial charge in [-0.05, 0) is 19.1 Å². The molecule has 1 N–H and O–H groups in total. The quantitative estimate of drug-likeness (QED) is 0.559. The van der Waals surface area contributed by atoms with Crippen molar-refractivity contribution in [2.45, 2.75) is 6.92 Å². The van der Waals surface area contributed by atoms with E-state index in [0.717, 1.165) is 11.3 Å². The van der Waals surface area contributed by atoms with E-state index in [9.17, 15) is 25.0 Å². The monoisotopic (exact) mass is 358 g/mol. The highest BCUT2D eigenvalue weighted by atomic mass is 32.1. The maximum atomic E-state index is 12.4. The van der Waals surface area contributed by atoms with E-state index in [2.05, 4.69) is 10.3 Å². The van der Waals surface area contributed by atoms with Gasteiger partial charge in [0, 0.05) is 29.3 Å². The minimum atomic E-state index is -0.553. The van der Waals surface area contributed by atoms with Crippen LogP contribution >= 0.6 is 11.3 Å². The summed E-state index contributed by atoms with van der Waals surface area (Å²) in [6.45, 7) is 1.49. The number of nitrogens with zero attached hydrogens (tertiary/aromatic N) is 3. The molecule has 0 saturated heterocycles. The standard InChI is InChI=1S/C15H10N4O5S/c1-8-10(3-2-4-12(8)19(23)24)14(20)17-15-16-11-7-9(18(21)22)5-6-13(11)25-15/h2-7H,1H3,(H,16,17,20). The average molecular weight is 358 g/mol. The number of anilines is 1. The fraction of sp³-hybridized carbons (Fsp3) is 0.0667. The highest BCUT2D eigenvalue weighted by molar-refractivity contribution is 7.22. The second-order valence-electron chi connectivity index (χ2n) is 5.09. The molecule has 1 aromatic heterocycles. The molecule has 1 amide bonds. The number of nitro groups is 2. The number of rotatable bonds is 4. The van der Waals surface area contributed by atoms with E-state index in [1.54, 1.807) is 6.07 Å². The number of aromatic nitrogens is 1. The van der Waals surface area contributed by atoms with Crippen LogP contribution in [0.3, 0.4) is 0 Å². The molecule has 0 fully saturated rings. The number of benzene rings is 2. The van der Waals surface area contributed by atoms with Gasteiger partial charge in [0.15, 0.2) is 5.13 Å². The predicted molar refractivity (Wildman–Crippen MR) is 92.1 cm³/mol. The van der Waals surface area contributed by atoms with Gasteiger partial charge in [0.25, 0.3) is 17.3 Å². The molecule has 1 heterocycles.